The van der Waals surface area contributed by atoms with Crippen LogP contribution in [-0.2, 0) is 25.2 Å². The summed E-state index contributed by atoms with van der Waals surface area (Å²) in [6.07, 6.45) is 2.09. The predicted molar refractivity (Wildman–Crippen MR) is 115 cm³/mol. The molecule has 2 aromatic carbocycles. The Hall–Kier alpha value is -2.71. The van der Waals surface area contributed by atoms with Crippen LogP contribution < -0.4 is 10.1 Å². The molecule has 1 saturated heterocycles. The first-order valence-electron chi connectivity index (χ1n) is 10.1. The van der Waals surface area contributed by atoms with Crippen molar-refractivity contribution in [3.63, 3.8) is 0 Å². The maximum atomic E-state index is 12.9. The van der Waals surface area contributed by atoms with Crippen molar-refractivity contribution in [1.29, 1.82) is 0 Å². The number of hydrogen-bond acceptors (Lipinski definition) is 5. The predicted octanol–water partition coefficient (Wildman–Crippen LogP) is 3.46. The Morgan fingerprint density at radius 3 is 2.67 bits per heavy atom. The molecular formula is C22H25N3O4S. The molecule has 0 saturated carbocycles. The Labute approximate surface area is 176 Å². The molecule has 1 unspecified atom stereocenters. The molecule has 158 valence electrons. The summed E-state index contributed by atoms with van der Waals surface area (Å²) < 4.78 is 31.6. The molecule has 0 aromatic heterocycles. The molecule has 2 aliphatic rings. The molecule has 8 heteroatoms. The van der Waals surface area contributed by atoms with Gasteiger partial charge in [0, 0.05) is 29.8 Å². The van der Waals surface area contributed by atoms with Gasteiger partial charge < -0.3 is 10.1 Å². The molecule has 4 rings (SSSR count). The summed E-state index contributed by atoms with van der Waals surface area (Å²) in [6.45, 7) is 3.94. The molecule has 2 atom stereocenters. The minimum Gasteiger partial charge on any atom is -0.356 e. The Kier molecular flexibility index (Phi) is 5.38. The van der Waals surface area contributed by atoms with Crippen LogP contribution in [0, 0.1) is 6.92 Å². The van der Waals surface area contributed by atoms with Crippen LogP contribution in [0.4, 0.5) is 5.69 Å². The number of anilines is 1. The lowest BCUT2D eigenvalue weighted by Crippen LogP contribution is -2.47. The van der Waals surface area contributed by atoms with Crippen LogP contribution in [0.15, 0.2) is 58.5 Å². The molecule has 2 aliphatic heterocycles. The van der Waals surface area contributed by atoms with E-state index in [-0.39, 0.29) is 23.3 Å². The smallest absolute Gasteiger partial charge is 0.276 e. The molecule has 0 bridgehead atoms. The van der Waals surface area contributed by atoms with Gasteiger partial charge in [-0.15, -0.1) is 0 Å². The quantitative estimate of drug-likeness (QED) is 0.714. The van der Waals surface area contributed by atoms with E-state index in [9.17, 15) is 13.2 Å². The van der Waals surface area contributed by atoms with Gasteiger partial charge in [0.15, 0.2) is 5.60 Å². The van der Waals surface area contributed by atoms with Gasteiger partial charge in [-0.25, -0.2) is 4.83 Å². The number of rotatable bonds is 5. The second-order valence-electron chi connectivity index (χ2n) is 7.82. The zero-order valence-electron chi connectivity index (χ0n) is 17.0. The molecule has 2 N–H and O–H groups in total. The topological polar surface area (TPSA) is 96.9 Å². The van der Waals surface area contributed by atoms with Gasteiger partial charge >= 0.3 is 0 Å². The maximum absolute atomic E-state index is 12.9. The number of aryl methyl sites for hydroxylation is 1. The van der Waals surface area contributed by atoms with E-state index in [2.05, 4.69) is 15.2 Å². The van der Waals surface area contributed by atoms with Gasteiger partial charge in [0.2, 0.25) is 0 Å². The fourth-order valence-electron chi connectivity index (χ4n) is 4.04. The SMILES string of the molecule is CCC[C@H]1CC(=NNS(=O)(=O)c2ccc(C)cc2)CC2(O1)C(=O)Nc1ccccc12. The van der Waals surface area contributed by atoms with E-state index in [1.54, 1.807) is 24.3 Å². The van der Waals surface area contributed by atoms with Crippen molar-refractivity contribution in [2.75, 3.05) is 5.32 Å². The van der Waals surface area contributed by atoms with E-state index in [1.807, 2.05) is 38.1 Å². The number of hydrazone groups is 1. The Bertz CT molecular complexity index is 1100. The normalized spacial score (nSPS) is 24.7. The van der Waals surface area contributed by atoms with Crippen LogP contribution in [0.1, 0.15) is 43.7 Å². The van der Waals surface area contributed by atoms with Crippen LogP contribution in [-0.4, -0.2) is 26.1 Å². The number of sulfonamides is 1. The van der Waals surface area contributed by atoms with Crippen molar-refractivity contribution in [2.24, 2.45) is 5.10 Å². The number of nitrogens with zero attached hydrogens (tertiary/aromatic N) is 1. The number of carbonyl (C=O) groups is 1. The number of amides is 1. The molecule has 0 aliphatic carbocycles. The van der Waals surface area contributed by atoms with E-state index in [1.165, 1.54) is 0 Å². The highest BCUT2D eigenvalue weighted by atomic mass is 32.2. The van der Waals surface area contributed by atoms with Crippen molar-refractivity contribution in [2.45, 2.75) is 56.1 Å². The Morgan fingerprint density at radius 1 is 1.20 bits per heavy atom. The number of ether oxygens (including phenoxy) is 1. The van der Waals surface area contributed by atoms with Gasteiger partial charge in [-0.1, -0.05) is 49.2 Å². The maximum Gasteiger partial charge on any atom is 0.276 e. The first-order chi connectivity index (χ1) is 14.3. The van der Waals surface area contributed by atoms with Crippen molar-refractivity contribution in [3.05, 3.63) is 59.7 Å². The zero-order valence-corrected chi connectivity index (χ0v) is 17.8. The first kappa shape index (κ1) is 20.6. The Morgan fingerprint density at radius 2 is 1.93 bits per heavy atom. The minimum atomic E-state index is -3.79. The molecule has 1 amide bonds. The van der Waals surface area contributed by atoms with Gasteiger partial charge in [0.05, 0.1) is 11.0 Å². The summed E-state index contributed by atoms with van der Waals surface area (Å²) in [4.78, 5) is 15.4. The monoisotopic (exact) mass is 427 g/mol. The van der Waals surface area contributed by atoms with Crippen LogP contribution in [0.5, 0.6) is 0 Å². The average molecular weight is 428 g/mol. The summed E-state index contributed by atoms with van der Waals surface area (Å²) in [5, 5.41) is 7.12. The van der Waals surface area contributed by atoms with Crippen molar-refractivity contribution >= 4 is 27.3 Å². The standard InChI is InChI=1S/C22H25N3O4S/c1-3-6-17-13-16(24-25-30(27,28)18-11-9-15(2)10-12-18)14-22(29-17)19-7-4-5-8-20(19)23-21(22)26/h4-5,7-12,17,25H,3,6,13-14H2,1-2H3,(H,23,26)/t17-,22?/m0/s1. The molecule has 30 heavy (non-hydrogen) atoms. The van der Waals surface area contributed by atoms with Crippen LogP contribution in [0.2, 0.25) is 0 Å². The molecular weight excluding hydrogens is 402 g/mol. The first-order valence-corrected chi connectivity index (χ1v) is 11.5. The van der Waals surface area contributed by atoms with Crippen molar-refractivity contribution < 1.29 is 17.9 Å². The minimum absolute atomic E-state index is 0.147. The van der Waals surface area contributed by atoms with E-state index in [0.29, 0.717) is 12.1 Å². The van der Waals surface area contributed by atoms with Crippen LogP contribution in [0.3, 0.4) is 0 Å². The zero-order chi connectivity index (χ0) is 21.4. The number of carbonyl (C=O) groups excluding carboxylic acids is 1. The fourth-order valence-corrected chi connectivity index (χ4v) is 4.88. The van der Waals surface area contributed by atoms with Crippen LogP contribution >= 0.6 is 0 Å². The van der Waals surface area contributed by atoms with Crippen LogP contribution in [0.25, 0.3) is 0 Å². The third-order valence-electron chi connectivity index (χ3n) is 5.53. The molecule has 0 radical (unpaired) electrons. The average Bonchev–Trinajstić information content (AvgIpc) is 2.98. The van der Waals surface area contributed by atoms with Crippen molar-refractivity contribution in [3.8, 4) is 0 Å². The van der Waals surface area contributed by atoms with Crippen molar-refractivity contribution in [1.82, 2.24) is 4.83 Å². The lowest BCUT2D eigenvalue weighted by atomic mass is 9.84. The van der Waals surface area contributed by atoms with E-state index < -0.39 is 15.6 Å². The lowest BCUT2D eigenvalue weighted by molar-refractivity contribution is -0.153. The molecule has 1 spiro atoms. The largest absolute Gasteiger partial charge is 0.356 e. The summed E-state index contributed by atoms with van der Waals surface area (Å²) in [5.41, 5.74) is 1.88. The van der Waals surface area contributed by atoms with E-state index in [4.69, 9.17) is 4.74 Å². The van der Waals surface area contributed by atoms with Gasteiger partial charge in [-0.2, -0.15) is 13.5 Å². The molecule has 1 fully saturated rings. The second kappa shape index (κ2) is 7.85. The Balaban J connectivity index is 1.65. The van der Waals surface area contributed by atoms with E-state index >= 15 is 0 Å². The second-order valence-corrected chi connectivity index (χ2v) is 9.48. The molecule has 2 aromatic rings. The van der Waals surface area contributed by atoms with Gasteiger partial charge in [0.25, 0.3) is 15.9 Å². The number of nitrogens with one attached hydrogen (secondary N) is 2. The summed E-state index contributed by atoms with van der Waals surface area (Å²) in [7, 11) is -3.79. The third-order valence-corrected chi connectivity index (χ3v) is 6.75. The lowest BCUT2D eigenvalue weighted by Gasteiger charge is -2.37. The molecule has 7 nitrogen and oxygen atoms in total. The van der Waals surface area contributed by atoms with Gasteiger partial charge in [-0.3, -0.25) is 4.79 Å². The highest BCUT2D eigenvalue weighted by Crippen LogP contribution is 2.45. The number of benzene rings is 2. The number of fused-ring (bicyclic) bond motifs is 2. The van der Waals surface area contributed by atoms with E-state index in [0.717, 1.165) is 29.7 Å². The summed E-state index contributed by atoms with van der Waals surface area (Å²) in [5.74, 6) is -0.237. The third kappa shape index (κ3) is 3.73. The van der Waals surface area contributed by atoms with Gasteiger partial charge in [0.1, 0.15) is 0 Å². The number of para-hydroxylation sites is 1. The number of hydrogen-bond donors (Lipinski definition) is 2. The summed E-state index contributed by atoms with van der Waals surface area (Å²) in [6, 6.07) is 14.0. The highest BCUT2D eigenvalue weighted by Gasteiger charge is 2.52. The highest BCUT2D eigenvalue weighted by molar-refractivity contribution is 7.89. The van der Waals surface area contributed by atoms with Gasteiger partial charge in [-0.05, 0) is 31.5 Å². The fraction of sp³-hybridized carbons (Fsp3) is 0.364. The summed E-state index contributed by atoms with van der Waals surface area (Å²) >= 11 is 0. The molecule has 2 heterocycles.